The number of aromatic nitrogens is 2. The first-order valence-electron chi connectivity index (χ1n) is 5.44. The molecule has 2 aromatic rings. The predicted molar refractivity (Wildman–Crippen MR) is 78.7 cm³/mol. The second-order valence-corrected chi connectivity index (χ2v) is 5.10. The Morgan fingerprint density at radius 1 is 1.26 bits per heavy atom. The molecule has 0 saturated carbocycles. The molecule has 2 rings (SSSR count). The molecule has 19 heavy (non-hydrogen) atoms. The van der Waals surface area contributed by atoms with Gasteiger partial charge in [-0.1, -0.05) is 11.6 Å². The van der Waals surface area contributed by atoms with Crippen molar-refractivity contribution in [2.45, 2.75) is 6.92 Å². The van der Waals surface area contributed by atoms with E-state index in [0.29, 0.717) is 21.9 Å². The Kier molecular flexibility index (Phi) is 4.21. The summed E-state index contributed by atoms with van der Waals surface area (Å²) in [4.78, 5) is 8.43. The Morgan fingerprint density at radius 3 is 2.63 bits per heavy atom. The van der Waals surface area contributed by atoms with Gasteiger partial charge in [-0.2, -0.15) is 4.98 Å². The van der Waals surface area contributed by atoms with E-state index in [2.05, 4.69) is 36.5 Å². The van der Waals surface area contributed by atoms with E-state index in [-0.39, 0.29) is 5.02 Å². The zero-order valence-electron chi connectivity index (χ0n) is 10.3. The Bertz CT molecular complexity index is 598. The van der Waals surface area contributed by atoms with Gasteiger partial charge in [0, 0.05) is 23.3 Å². The normalized spacial score (nSPS) is 10.4. The van der Waals surface area contributed by atoms with Crippen molar-refractivity contribution in [1.82, 2.24) is 9.97 Å². The van der Waals surface area contributed by atoms with E-state index < -0.39 is 5.82 Å². The first kappa shape index (κ1) is 14.0. The third-order valence-electron chi connectivity index (χ3n) is 2.34. The van der Waals surface area contributed by atoms with Crippen molar-refractivity contribution in [2.75, 3.05) is 17.7 Å². The summed E-state index contributed by atoms with van der Waals surface area (Å²) in [6.45, 7) is 1.86. The number of rotatable bonds is 3. The molecule has 2 N–H and O–H groups in total. The molecule has 0 saturated heterocycles. The number of hydrogen-bond acceptors (Lipinski definition) is 4. The molecule has 0 aliphatic heterocycles. The van der Waals surface area contributed by atoms with Crippen LogP contribution in [0.1, 0.15) is 5.69 Å². The van der Waals surface area contributed by atoms with Gasteiger partial charge in [0.1, 0.15) is 11.6 Å². The number of anilines is 3. The van der Waals surface area contributed by atoms with E-state index in [4.69, 9.17) is 11.6 Å². The van der Waals surface area contributed by atoms with Gasteiger partial charge in [-0.3, -0.25) is 0 Å². The molecule has 100 valence electrons. The van der Waals surface area contributed by atoms with Crippen molar-refractivity contribution in [2.24, 2.45) is 0 Å². The lowest BCUT2D eigenvalue weighted by atomic mass is 10.3. The van der Waals surface area contributed by atoms with Crippen LogP contribution in [-0.2, 0) is 0 Å². The molecule has 0 unspecified atom stereocenters. The van der Waals surface area contributed by atoms with Crippen LogP contribution < -0.4 is 10.6 Å². The number of aryl methyl sites for hydroxylation is 1. The summed E-state index contributed by atoms with van der Waals surface area (Å²) in [6, 6.07) is 4.34. The summed E-state index contributed by atoms with van der Waals surface area (Å²) in [5.74, 6) is 0.667. The molecule has 0 fully saturated rings. The van der Waals surface area contributed by atoms with Crippen molar-refractivity contribution < 1.29 is 4.39 Å². The van der Waals surface area contributed by atoms with Gasteiger partial charge in [-0.25, -0.2) is 9.37 Å². The third kappa shape index (κ3) is 3.33. The van der Waals surface area contributed by atoms with Crippen LogP contribution in [0.2, 0.25) is 5.02 Å². The van der Waals surface area contributed by atoms with Crippen molar-refractivity contribution in [3.8, 4) is 0 Å². The molecule has 0 aliphatic carbocycles. The summed E-state index contributed by atoms with van der Waals surface area (Å²) in [6.07, 6.45) is 0. The van der Waals surface area contributed by atoms with Crippen LogP contribution in [-0.4, -0.2) is 17.0 Å². The molecule has 0 spiro atoms. The van der Waals surface area contributed by atoms with Gasteiger partial charge in [0.15, 0.2) is 0 Å². The standard InChI is InChI=1S/C12H11BrClFN4/c1-6-3-10(19-12(16-2)17-6)18-11-8(13)4-7(15)5-9(11)14/h3-5H,1-2H3,(H2,16,17,18,19). The fourth-order valence-corrected chi connectivity index (χ4v) is 2.43. The lowest BCUT2D eigenvalue weighted by Crippen LogP contribution is -2.02. The highest BCUT2D eigenvalue weighted by molar-refractivity contribution is 9.10. The number of benzene rings is 1. The maximum Gasteiger partial charge on any atom is 0.224 e. The van der Waals surface area contributed by atoms with Crippen LogP contribution in [0.5, 0.6) is 0 Å². The molecule has 0 bridgehead atoms. The first-order chi connectivity index (χ1) is 8.99. The van der Waals surface area contributed by atoms with Crippen LogP contribution in [0, 0.1) is 12.7 Å². The maximum absolute atomic E-state index is 13.2. The molecular formula is C12H11BrClFN4. The summed E-state index contributed by atoms with van der Waals surface area (Å²) in [5.41, 5.74) is 1.36. The Hall–Kier alpha value is -1.40. The van der Waals surface area contributed by atoms with E-state index in [0.717, 1.165) is 5.69 Å². The van der Waals surface area contributed by atoms with Gasteiger partial charge in [0.2, 0.25) is 5.95 Å². The van der Waals surface area contributed by atoms with Gasteiger partial charge >= 0.3 is 0 Å². The zero-order chi connectivity index (χ0) is 14.0. The van der Waals surface area contributed by atoms with E-state index in [1.807, 2.05) is 6.92 Å². The topological polar surface area (TPSA) is 49.8 Å². The fraction of sp³-hybridized carbons (Fsp3) is 0.167. The Labute approximate surface area is 123 Å². The van der Waals surface area contributed by atoms with Crippen LogP contribution in [0.15, 0.2) is 22.7 Å². The van der Waals surface area contributed by atoms with Gasteiger partial charge in [-0.05, 0) is 35.0 Å². The molecule has 1 aromatic heterocycles. The van der Waals surface area contributed by atoms with Gasteiger partial charge in [0.05, 0.1) is 10.7 Å². The molecule has 1 heterocycles. The first-order valence-corrected chi connectivity index (χ1v) is 6.61. The second-order valence-electron chi connectivity index (χ2n) is 3.84. The predicted octanol–water partition coefficient (Wildman–Crippen LogP) is 4.13. The molecular weight excluding hydrogens is 335 g/mol. The average molecular weight is 346 g/mol. The van der Waals surface area contributed by atoms with Gasteiger partial charge in [-0.15, -0.1) is 0 Å². The summed E-state index contributed by atoms with van der Waals surface area (Å²) in [5, 5.41) is 6.18. The smallest absolute Gasteiger partial charge is 0.224 e. The molecule has 4 nitrogen and oxygen atoms in total. The lowest BCUT2D eigenvalue weighted by Gasteiger charge is -2.11. The molecule has 1 aromatic carbocycles. The maximum atomic E-state index is 13.2. The van der Waals surface area contributed by atoms with Crippen molar-refractivity contribution in [1.29, 1.82) is 0 Å². The highest BCUT2D eigenvalue weighted by Crippen LogP contribution is 2.33. The Balaban J connectivity index is 2.39. The van der Waals surface area contributed by atoms with E-state index in [9.17, 15) is 4.39 Å². The minimum atomic E-state index is -0.405. The van der Waals surface area contributed by atoms with Gasteiger partial charge < -0.3 is 10.6 Å². The summed E-state index contributed by atoms with van der Waals surface area (Å²) < 4.78 is 13.7. The van der Waals surface area contributed by atoms with Crippen molar-refractivity contribution >= 4 is 45.0 Å². The SMILES string of the molecule is CNc1nc(C)cc(Nc2c(Cl)cc(F)cc2Br)n1. The Morgan fingerprint density at radius 2 is 2.00 bits per heavy atom. The monoisotopic (exact) mass is 344 g/mol. The highest BCUT2D eigenvalue weighted by atomic mass is 79.9. The van der Waals surface area contributed by atoms with Crippen LogP contribution >= 0.6 is 27.5 Å². The van der Waals surface area contributed by atoms with Crippen molar-refractivity contribution in [3.63, 3.8) is 0 Å². The van der Waals surface area contributed by atoms with E-state index in [1.54, 1.807) is 13.1 Å². The lowest BCUT2D eigenvalue weighted by molar-refractivity contribution is 0.627. The second kappa shape index (κ2) is 5.71. The quantitative estimate of drug-likeness (QED) is 0.878. The number of nitrogens with zero attached hydrogens (tertiary/aromatic N) is 2. The minimum absolute atomic E-state index is 0.272. The summed E-state index contributed by atoms with van der Waals surface area (Å²) in [7, 11) is 1.74. The number of halogens is 3. The number of hydrogen-bond donors (Lipinski definition) is 2. The third-order valence-corrected chi connectivity index (χ3v) is 3.26. The van der Waals surface area contributed by atoms with E-state index in [1.165, 1.54) is 12.1 Å². The molecule has 0 atom stereocenters. The number of nitrogens with one attached hydrogen (secondary N) is 2. The minimum Gasteiger partial charge on any atom is -0.357 e. The largest absolute Gasteiger partial charge is 0.357 e. The highest BCUT2D eigenvalue weighted by Gasteiger charge is 2.10. The average Bonchev–Trinajstić information content (AvgIpc) is 2.33. The van der Waals surface area contributed by atoms with Crippen LogP contribution in [0.4, 0.5) is 21.8 Å². The fourth-order valence-electron chi connectivity index (χ4n) is 1.53. The molecule has 7 heteroatoms. The van der Waals surface area contributed by atoms with Crippen molar-refractivity contribution in [3.05, 3.63) is 39.2 Å². The van der Waals surface area contributed by atoms with Gasteiger partial charge in [0.25, 0.3) is 0 Å². The molecule has 0 aliphatic rings. The molecule has 0 radical (unpaired) electrons. The van der Waals surface area contributed by atoms with E-state index >= 15 is 0 Å². The van der Waals surface area contributed by atoms with Crippen LogP contribution in [0.3, 0.4) is 0 Å². The zero-order valence-corrected chi connectivity index (χ0v) is 12.6. The summed E-state index contributed by atoms with van der Waals surface area (Å²) >= 11 is 9.27. The molecule has 0 amide bonds. The van der Waals surface area contributed by atoms with Crippen LogP contribution in [0.25, 0.3) is 0 Å².